The Morgan fingerprint density at radius 3 is 2.58 bits per heavy atom. The number of nitrogen functional groups attached to an aromatic ring is 1. The van der Waals surface area contributed by atoms with Gasteiger partial charge < -0.3 is 16.4 Å². The summed E-state index contributed by atoms with van der Waals surface area (Å²) in [5.41, 5.74) is 15.2. The van der Waals surface area contributed by atoms with E-state index in [0.29, 0.717) is 42.1 Å². The average molecular weight is 504 g/mol. The minimum absolute atomic E-state index is 0.0756. The van der Waals surface area contributed by atoms with Gasteiger partial charge in [-0.15, -0.1) is 0 Å². The van der Waals surface area contributed by atoms with Crippen molar-refractivity contribution in [2.75, 3.05) is 18.8 Å². The third-order valence-electron chi connectivity index (χ3n) is 7.26. The molecule has 0 spiro atoms. The van der Waals surface area contributed by atoms with Crippen molar-refractivity contribution in [1.82, 2.24) is 24.5 Å². The number of primary amides is 1. The lowest BCUT2D eigenvalue weighted by atomic mass is 10.0. The number of nitrogens with zero attached hydrogens (tertiary/aromatic N) is 5. The first-order chi connectivity index (χ1) is 17.4. The maximum absolute atomic E-state index is 12.3. The number of anilines is 1. The van der Waals surface area contributed by atoms with Crippen LogP contribution in [0.1, 0.15) is 77.3 Å². The Hall–Kier alpha value is -3.77. The molecule has 1 unspecified atom stereocenters. The summed E-state index contributed by atoms with van der Waals surface area (Å²) in [5, 5.41) is 10.7. The van der Waals surface area contributed by atoms with Crippen molar-refractivity contribution in [1.29, 1.82) is 0 Å². The van der Waals surface area contributed by atoms with Gasteiger partial charge in [-0.2, -0.15) is 10.2 Å². The van der Waals surface area contributed by atoms with Crippen LogP contribution in [0.5, 0.6) is 0 Å². The second-order valence-electron chi connectivity index (χ2n) is 9.78. The van der Waals surface area contributed by atoms with Crippen LogP contribution in [-0.4, -0.2) is 49.4 Å². The van der Waals surface area contributed by atoms with Crippen LogP contribution in [0.25, 0.3) is 10.9 Å². The molecule has 9 nitrogen and oxygen atoms in total. The topological polar surface area (TPSA) is 125 Å². The number of halogens is 1. The van der Waals surface area contributed by atoms with Gasteiger partial charge in [-0.1, -0.05) is 24.1 Å². The molecule has 3 aliphatic rings. The molecule has 6 rings (SSSR count). The molecule has 4 N–H and O–H groups in total. The first-order valence-corrected chi connectivity index (χ1v) is 12.6. The number of hydrogen-bond acceptors (Lipinski definition) is 5. The van der Waals surface area contributed by atoms with Crippen molar-refractivity contribution in [3.05, 3.63) is 52.3 Å². The van der Waals surface area contributed by atoms with Crippen molar-refractivity contribution in [3.8, 4) is 11.8 Å². The van der Waals surface area contributed by atoms with Crippen molar-refractivity contribution < 1.29 is 9.59 Å². The SMILES string of the molecule is C=CC(=O)N1CCC(n2nc(C#Cc3c(Cl)cc(C4CC4)c4c3cnn4C3CC3)c(C(N)=O)c2N)C1. The number of rotatable bonds is 5. The van der Waals surface area contributed by atoms with Crippen molar-refractivity contribution in [2.24, 2.45) is 5.73 Å². The van der Waals surface area contributed by atoms with Crippen LogP contribution in [0.2, 0.25) is 5.02 Å². The fourth-order valence-corrected chi connectivity index (χ4v) is 5.38. The van der Waals surface area contributed by atoms with Crippen LogP contribution in [-0.2, 0) is 4.79 Å². The second kappa shape index (κ2) is 8.42. The molecule has 1 aromatic carbocycles. The summed E-state index contributed by atoms with van der Waals surface area (Å²) in [4.78, 5) is 26.0. The van der Waals surface area contributed by atoms with Crippen molar-refractivity contribution >= 4 is 40.1 Å². The molecular weight excluding hydrogens is 478 g/mol. The van der Waals surface area contributed by atoms with E-state index in [2.05, 4.69) is 33.3 Å². The summed E-state index contributed by atoms with van der Waals surface area (Å²) in [6.45, 7) is 4.51. The number of nitrogens with two attached hydrogens (primary N) is 2. The Labute approximate surface area is 213 Å². The van der Waals surface area contributed by atoms with Crippen LogP contribution < -0.4 is 11.5 Å². The standard InChI is InChI=1S/C26H26ClN7O2/c1-2-22(35)32-10-9-16(13-32)34-25(28)23(26(29)36)21(31-34)8-7-17-19-12-30-33(15-5-6-15)24(19)18(11-20(17)27)14-3-4-14/h2,11-12,14-16H,1,3-6,9-10,13,28H2,(H2,29,36). The van der Waals surface area contributed by atoms with Crippen LogP contribution in [0, 0.1) is 11.8 Å². The molecule has 3 fully saturated rings. The van der Waals surface area contributed by atoms with Crippen LogP contribution in [0.3, 0.4) is 0 Å². The molecule has 1 saturated heterocycles. The predicted octanol–water partition coefficient (Wildman–Crippen LogP) is 3.14. The Bertz CT molecular complexity index is 1500. The van der Waals surface area contributed by atoms with Gasteiger partial charge in [-0.25, -0.2) is 4.68 Å². The van der Waals surface area contributed by atoms with E-state index < -0.39 is 5.91 Å². The summed E-state index contributed by atoms with van der Waals surface area (Å²) < 4.78 is 3.67. The molecular formula is C26H26ClN7O2. The van der Waals surface area contributed by atoms with E-state index in [0.717, 1.165) is 36.6 Å². The molecule has 2 aromatic heterocycles. The molecule has 3 aromatic rings. The lowest BCUT2D eigenvalue weighted by Crippen LogP contribution is -2.27. The third-order valence-corrected chi connectivity index (χ3v) is 7.56. The lowest BCUT2D eigenvalue weighted by Gasteiger charge is -2.15. The maximum Gasteiger partial charge on any atom is 0.255 e. The highest BCUT2D eigenvalue weighted by molar-refractivity contribution is 6.33. The fourth-order valence-electron chi connectivity index (χ4n) is 5.12. The molecule has 184 valence electrons. The van der Waals surface area contributed by atoms with E-state index in [1.807, 2.05) is 12.3 Å². The van der Waals surface area contributed by atoms with Gasteiger partial charge in [0.25, 0.3) is 5.91 Å². The van der Waals surface area contributed by atoms with E-state index >= 15 is 0 Å². The van der Waals surface area contributed by atoms with Gasteiger partial charge >= 0.3 is 0 Å². The first kappa shape index (κ1) is 22.7. The zero-order valence-corrected chi connectivity index (χ0v) is 20.5. The average Bonchev–Trinajstić information content (AvgIpc) is 3.76. The monoisotopic (exact) mass is 503 g/mol. The summed E-state index contributed by atoms with van der Waals surface area (Å²) in [6.07, 6.45) is 8.32. The highest BCUT2D eigenvalue weighted by atomic mass is 35.5. The van der Waals surface area contributed by atoms with E-state index in [1.165, 1.54) is 11.6 Å². The van der Waals surface area contributed by atoms with Crippen LogP contribution in [0.15, 0.2) is 24.9 Å². The Morgan fingerprint density at radius 1 is 1.14 bits per heavy atom. The predicted molar refractivity (Wildman–Crippen MR) is 137 cm³/mol. The molecule has 2 aliphatic carbocycles. The van der Waals surface area contributed by atoms with Gasteiger partial charge in [0, 0.05) is 18.5 Å². The quantitative estimate of drug-likeness (QED) is 0.408. The van der Waals surface area contributed by atoms with E-state index in [-0.39, 0.29) is 29.0 Å². The van der Waals surface area contributed by atoms with Gasteiger partial charge in [0.2, 0.25) is 5.91 Å². The lowest BCUT2D eigenvalue weighted by molar-refractivity contribution is -0.125. The number of hydrogen-bond donors (Lipinski definition) is 2. The molecule has 36 heavy (non-hydrogen) atoms. The minimum atomic E-state index is -0.707. The molecule has 1 atom stereocenters. The second-order valence-corrected chi connectivity index (χ2v) is 10.2. The molecule has 0 radical (unpaired) electrons. The van der Waals surface area contributed by atoms with Gasteiger partial charge in [0.05, 0.1) is 34.4 Å². The molecule has 2 saturated carbocycles. The van der Waals surface area contributed by atoms with Crippen molar-refractivity contribution in [2.45, 2.75) is 50.1 Å². The Balaban J connectivity index is 1.41. The van der Waals surface area contributed by atoms with Gasteiger partial charge in [0.15, 0.2) is 5.69 Å². The van der Waals surface area contributed by atoms with E-state index in [9.17, 15) is 9.59 Å². The number of benzene rings is 1. The number of likely N-dealkylation sites (tertiary alicyclic amines) is 1. The Kier molecular flexibility index (Phi) is 5.30. The third kappa shape index (κ3) is 3.73. The summed E-state index contributed by atoms with van der Waals surface area (Å²) in [7, 11) is 0. The van der Waals surface area contributed by atoms with Crippen LogP contribution in [0.4, 0.5) is 5.82 Å². The molecule has 10 heteroatoms. The fraction of sp³-hybridized carbons (Fsp3) is 0.385. The zero-order chi connectivity index (χ0) is 25.1. The minimum Gasteiger partial charge on any atom is -0.383 e. The number of aromatic nitrogens is 4. The molecule has 0 bridgehead atoms. The highest BCUT2D eigenvalue weighted by Gasteiger charge is 2.33. The summed E-state index contributed by atoms with van der Waals surface area (Å²) in [5.74, 6) is 5.95. The largest absolute Gasteiger partial charge is 0.383 e. The highest BCUT2D eigenvalue weighted by Crippen LogP contribution is 2.47. The zero-order valence-electron chi connectivity index (χ0n) is 19.7. The van der Waals surface area contributed by atoms with E-state index in [4.69, 9.17) is 23.1 Å². The van der Waals surface area contributed by atoms with Gasteiger partial charge in [-0.3, -0.25) is 14.3 Å². The van der Waals surface area contributed by atoms with Crippen molar-refractivity contribution in [3.63, 3.8) is 0 Å². The van der Waals surface area contributed by atoms with Crippen LogP contribution >= 0.6 is 11.6 Å². The smallest absolute Gasteiger partial charge is 0.255 e. The van der Waals surface area contributed by atoms with Gasteiger partial charge in [-0.05, 0) is 61.6 Å². The van der Waals surface area contributed by atoms with Gasteiger partial charge in [0.1, 0.15) is 11.4 Å². The number of fused-ring (bicyclic) bond motifs is 1. The summed E-state index contributed by atoms with van der Waals surface area (Å²) in [6, 6.07) is 2.25. The first-order valence-electron chi connectivity index (χ1n) is 12.2. The number of carbonyl (C=O) groups excluding carboxylic acids is 2. The molecule has 2 amide bonds. The number of amides is 2. The summed E-state index contributed by atoms with van der Waals surface area (Å²) >= 11 is 6.73. The number of carbonyl (C=O) groups is 2. The Morgan fingerprint density at radius 2 is 1.92 bits per heavy atom. The normalized spacial score (nSPS) is 19.4. The molecule has 3 heterocycles. The maximum atomic E-state index is 12.3. The van der Waals surface area contributed by atoms with E-state index in [1.54, 1.807) is 9.58 Å². The molecule has 1 aliphatic heterocycles.